The molecule has 0 radical (unpaired) electrons. The van der Waals surface area contributed by atoms with Gasteiger partial charge in [-0.05, 0) is 37.3 Å². The Morgan fingerprint density at radius 3 is 2.72 bits per heavy atom. The van der Waals surface area contributed by atoms with E-state index in [9.17, 15) is 9.59 Å². The summed E-state index contributed by atoms with van der Waals surface area (Å²) < 4.78 is 0. The van der Waals surface area contributed by atoms with Crippen LogP contribution in [-0.4, -0.2) is 52.8 Å². The van der Waals surface area contributed by atoms with Gasteiger partial charge in [0.05, 0.1) is 12.3 Å². The van der Waals surface area contributed by atoms with Gasteiger partial charge in [-0.3, -0.25) is 14.6 Å². The maximum absolute atomic E-state index is 13.0. The van der Waals surface area contributed by atoms with Crippen molar-refractivity contribution in [1.29, 1.82) is 0 Å². The van der Waals surface area contributed by atoms with E-state index in [1.54, 1.807) is 12.4 Å². The van der Waals surface area contributed by atoms with Gasteiger partial charge < -0.3 is 9.80 Å². The van der Waals surface area contributed by atoms with Gasteiger partial charge in [0.25, 0.3) is 0 Å². The second kappa shape index (κ2) is 8.45. The summed E-state index contributed by atoms with van der Waals surface area (Å²) in [5.41, 5.74) is 0.944. The largest absolute Gasteiger partial charge is 0.345 e. The van der Waals surface area contributed by atoms with E-state index >= 15 is 0 Å². The quantitative estimate of drug-likeness (QED) is 0.829. The fraction of sp³-hybridized carbons (Fsp3) is 0.650. The second-order valence-electron chi connectivity index (χ2n) is 7.40. The lowest BCUT2D eigenvalue weighted by molar-refractivity contribution is -0.140. The van der Waals surface area contributed by atoms with Crippen LogP contribution in [0.25, 0.3) is 0 Å². The first-order valence-electron chi connectivity index (χ1n) is 9.60. The van der Waals surface area contributed by atoms with Gasteiger partial charge in [-0.15, -0.1) is 0 Å². The van der Waals surface area contributed by atoms with Crippen LogP contribution in [0.15, 0.2) is 24.5 Å². The van der Waals surface area contributed by atoms with E-state index in [0.29, 0.717) is 6.42 Å². The molecule has 0 unspecified atom stereocenters. The Hall–Kier alpha value is -1.91. The van der Waals surface area contributed by atoms with Crippen molar-refractivity contribution < 1.29 is 9.59 Å². The third-order valence-electron chi connectivity index (χ3n) is 5.61. The fourth-order valence-corrected chi connectivity index (χ4v) is 4.23. The summed E-state index contributed by atoms with van der Waals surface area (Å²) in [6.45, 7) is 1.61. The minimum atomic E-state index is -0.0269. The molecule has 136 valence electrons. The number of rotatable bonds is 2. The molecule has 1 aromatic rings. The van der Waals surface area contributed by atoms with Crippen LogP contribution < -0.4 is 0 Å². The highest BCUT2D eigenvalue weighted by Crippen LogP contribution is 2.32. The lowest BCUT2D eigenvalue weighted by Crippen LogP contribution is -2.48. The van der Waals surface area contributed by atoms with Gasteiger partial charge in [-0.1, -0.05) is 25.3 Å². The summed E-state index contributed by atoms with van der Waals surface area (Å²) in [5, 5.41) is 0. The number of pyridine rings is 1. The summed E-state index contributed by atoms with van der Waals surface area (Å²) in [6.07, 6.45) is 11.1. The molecular formula is C20H29N3O2. The normalized spacial score (nSPS) is 25.4. The zero-order valence-corrected chi connectivity index (χ0v) is 15.2. The van der Waals surface area contributed by atoms with Crippen molar-refractivity contribution >= 4 is 11.8 Å². The Balaban J connectivity index is 1.78. The number of fused-ring (bicyclic) bond motifs is 1. The maximum atomic E-state index is 13.0. The number of carbonyl (C=O) groups excluding carboxylic acids is 2. The number of carbonyl (C=O) groups is 2. The van der Waals surface area contributed by atoms with Crippen molar-refractivity contribution in [2.24, 2.45) is 5.92 Å². The topological polar surface area (TPSA) is 53.5 Å². The molecule has 3 rings (SSSR count). The van der Waals surface area contributed by atoms with Crippen molar-refractivity contribution in [3.8, 4) is 0 Å². The fourth-order valence-electron chi connectivity index (χ4n) is 4.23. The van der Waals surface area contributed by atoms with Crippen molar-refractivity contribution in [1.82, 2.24) is 14.8 Å². The molecule has 25 heavy (non-hydrogen) atoms. The molecule has 1 saturated carbocycles. The third-order valence-corrected chi connectivity index (χ3v) is 5.61. The summed E-state index contributed by atoms with van der Waals surface area (Å²) >= 11 is 0. The van der Waals surface area contributed by atoms with Crippen LogP contribution in [-0.2, 0) is 16.0 Å². The lowest BCUT2D eigenvalue weighted by atomic mass is 9.99. The van der Waals surface area contributed by atoms with E-state index in [-0.39, 0.29) is 23.8 Å². The Kier molecular flexibility index (Phi) is 6.05. The Bertz CT molecular complexity index is 590. The molecule has 1 aromatic heterocycles. The molecule has 2 fully saturated rings. The average molecular weight is 343 g/mol. The molecule has 2 atom stereocenters. The molecule has 0 spiro atoms. The molecule has 1 aliphatic heterocycles. The van der Waals surface area contributed by atoms with Crippen LogP contribution in [0.1, 0.15) is 50.5 Å². The van der Waals surface area contributed by atoms with Gasteiger partial charge in [0.1, 0.15) is 0 Å². The van der Waals surface area contributed by atoms with Gasteiger partial charge in [0.2, 0.25) is 11.8 Å². The molecule has 5 nitrogen and oxygen atoms in total. The van der Waals surface area contributed by atoms with Crippen molar-refractivity contribution in [2.75, 3.05) is 20.1 Å². The van der Waals surface area contributed by atoms with E-state index in [0.717, 1.165) is 63.6 Å². The number of aromatic nitrogens is 1. The number of amides is 2. The molecule has 2 heterocycles. The van der Waals surface area contributed by atoms with E-state index in [1.807, 2.05) is 29.0 Å². The zero-order valence-electron chi connectivity index (χ0n) is 15.2. The van der Waals surface area contributed by atoms with Crippen molar-refractivity contribution in [2.45, 2.75) is 57.4 Å². The van der Waals surface area contributed by atoms with Gasteiger partial charge in [0.15, 0.2) is 0 Å². The summed E-state index contributed by atoms with van der Waals surface area (Å²) in [4.78, 5) is 33.9. The lowest BCUT2D eigenvalue weighted by Gasteiger charge is -2.34. The number of hydrogen-bond donors (Lipinski definition) is 0. The molecule has 2 amide bonds. The molecule has 0 bridgehead atoms. The minimum absolute atomic E-state index is 0.0269. The highest BCUT2D eigenvalue weighted by atomic mass is 16.2. The molecule has 0 N–H and O–H groups in total. The Morgan fingerprint density at radius 1 is 1.16 bits per heavy atom. The average Bonchev–Trinajstić information content (AvgIpc) is 3.09. The highest BCUT2D eigenvalue weighted by Gasteiger charge is 2.39. The molecule has 0 aromatic carbocycles. The smallest absolute Gasteiger partial charge is 0.227 e. The first kappa shape index (κ1) is 17.9. The van der Waals surface area contributed by atoms with Crippen LogP contribution in [0.3, 0.4) is 0 Å². The zero-order chi connectivity index (χ0) is 17.6. The van der Waals surface area contributed by atoms with Crippen LogP contribution >= 0.6 is 0 Å². The van der Waals surface area contributed by atoms with Crippen LogP contribution in [0.4, 0.5) is 0 Å². The van der Waals surface area contributed by atoms with E-state index in [4.69, 9.17) is 0 Å². The predicted molar refractivity (Wildman–Crippen MR) is 96.9 cm³/mol. The molecular weight excluding hydrogens is 314 g/mol. The molecule has 1 aliphatic carbocycles. The van der Waals surface area contributed by atoms with Crippen LogP contribution in [0.2, 0.25) is 0 Å². The first-order valence-corrected chi connectivity index (χ1v) is 9.60. The van der Waals surface area contributed by atoms with E-state index in [2.05, 4.69) is 4.98 Å². The summed E-state index contributed by atoms with van der Waals surface area (Å²) in [7, 11) is 1.91. The first-order chi connectivity index (χ1) is 12.2. The van der Waals surface area contributed by atoms with Crippen molar-refractivity contribution in [3.05, 3.63) is 30.1 Å². The SMILES string of the molecule is CN1CCCCCCN(C(=O)Cc2cccnc2)[C@@H]2CCC[C@@H]2C1=O. The Labute approximate surface area is 150 Å². The summed E-state index contributed by atoms with van der Waals surface area (Å²) in [6, 6.07) is 3.88. The van der Waals surface area contributed by atoms with Gasteiger partial charge >= 0.3 is 0 Å². The van der Waals surface area contributed by atoms with Gasteiger partial charge in [-0.25, -0.2) is 0 Å². The second-order valence-corrected chi connectivity index (χ2v) is 7.40. The van der Waals surface area contributed by atoms with Gasteiger partial charge in [-0.2, -0.15) is 0 Å². The molecule has 1 saturated heterocycles. The molecule has 2 aliphatic rings. The third kappa shape index (κ3) is 4.39. The Morgan fingerprint density at radius 2 is 1.96 bits per heavy atom. The van der Waals surface area contributed by atoms with Crippen LogP contribution in [0.5, 0.6) is 0 Å². The number of hydrogen-bond acceptors (Lipinski definition) is 3. The predicted octanol–water partition coefficient (Wildman–Crippen LogP) is 2.65. The van der Waals surface area contributed by atoms with Crippen LogP contribution in [0, 0.1) is 5.92 Å². The van der Waals surface area contributed by atoms with Gasteiger partial charge in [0, 0.05) is 38.6 Å². The molecule has 5 heteroatoms. The minimum Gasteiger partial charge on any atom is -0.345 e. The highest BCUT2D eigenvalue weighted by molar-refractivity contribution is 5.83. The maximum Gasteiger partial charge on any atom is 0.227 e. The monoisotopic (exact) mass is 343 g/mol. The van der Waals surface area contributed by atoms with E-state index < -0.39 is 0 Å². The summed E-state index contributed by atoms with van der Waals surface area (Å²) in [5.74, 6) is 0.337. The number of nitrogens with zero attached hydrogens (tertiary/aromatic N) is 3. The van der Waals surface area contributed by atoms with E-state index in [1.165, 1.54) is 0 Å². The van der Waals surface area contributed by atoms with Crippen molar-refractivity contribution in [3.63, 3.8) is 0 Å². The standard InChI is InChI=1S/C20H29N3O2/c1-22-12-4-2-3-5-13-23(18-10-6-9-17(18)20(22)25)19(24)14-16-8-7-11-21-15-16/h7-8,11,15,17-18H,2-6,9-10,12-14H2,1H3/t17-,18+/m0/s1.